The van der Waals surface area contributed by atoms with E-state index in [1.165, 1.54) is 16.7 Å². The maximum atomic E-state index is 13.5. The lowest BCUT2D eigenvalue weighted by Crippen LogP contribution is -2.60. The molecule has 2 heterocycles. The van der Waals surface area contributed by atoms with Crippen molar-refractivity contribution in [1.29, 1.82) is 0 Å². The van der Waals surface area contributed by atoms with Crippen LogP contribution in [-0.4, -0.2) is 70.6 Å². The molecule has 0 radical (unpaired) electrons. The normalized spacial score (nSPS) is 15.0. The van der Waals surface area contributed by atoms with Gasteiger partial charge in [-0.15, -0.1) is 0 Å². The number of hydrazine groups is 1. The molecule has 5 rings (SSSR count). The molecular formula is C35H37FN5O6S-. The number of hydrogen-bond acceptors (Lipinski definition) is 7. The zero-order chi connectivity index (χ0) is 34.5. The van der Waals surface area contributed by atoms with Crippen molar-refractivity contribution in [3.63, 3.8) is 0 Å². The molecule has 3 aromatic carbocycles. The van der Waals surface area contributed by atoms with Crippen molar-refractivity contribution in [3.05, 3.63) is 110 Å². The van der Waals surface area contributed by atoms with Gasteiger partial charge in [-0.1, -0.05) is 44.7 Å². The number of anilines is 1. The average Bonchev–Trinajstić information content (AvgIpc) is 3.07. The number of piperazine rings is 1. The minimum Gasteiger partial charge on any atom is -0.759 e. The highest BCUT2D eigenvalue weighted by Crippen LogP contribution is 2.22. The molecule has 0 bridgehead atoms. The Morgan fingerprint density at radius 3 is 2.17 bits per heavy atom. The summed E-state index contributed by atoms with van der Waals surface area (Å²) in [5, 5.41) is 11.6. The van der Waals surface area contributed by atoms with Gasteiger partial charge in [0.05, 0.1) is 17.4 Å². The summed E-state index contributed by atoms with van der Waals surface area (Å²) in [4.78, 5) is 40.8. The van der Waals surface area contributed by atoms with Gasteiger partial charge in [-0.05, 0) is 72.5 Å². The zero-order valence-corrected chi connectivity index (χ0v) is 27.8. The van der Waals surface area contributed by atoms with Crippen molar-refractivity contribution in [1.82, 2.24) is 18.6 Å². The summed E-state index contributed by atoms with van der Waals surface area (Å²) in [7, 11) is 0. The second-order valence-electron chi connectivity index (χ2n) is 12.0. The molecule has 0 saturated carbocycles. The predicted molar refractivity (Wildman–Crippen MR) is 181 cm³/mol. The Hall–Kier alpha value is -4.61. The Morgan fingerprint density at radius 2 is 1.58 bits per heavy atom. The van der Waals surface area contributed by atoms with Crippen LogP contribution in [0.15, 0.2) is 76.3 Å². The van der Waals surface area contributed by atoms with Crippen LogP contribution in [0.5, 0.6) is 0 Å². The second-order valence-corrected chi connectivity index (χ2v) is 12.8. The van der Waals surface area contributed by atoms with Crippen LogP contribution in [0.4, 0.5) is 10.1 Å². The van der Waals surface area contributed by atoms with E-state index in [1.54, 1.807) is 53.8 Å². The molecule has 1 aliphatic heterocycles. The summed E-state index contributed by atoms with van der Waals surface area (Å²) in [6, 6.07) is 17.3. The molecule has 1 aromatic heterocycles. The first-order valence-corrected chi connectivity index (χ1v) is 16.8. The molecule has 13 heteroatoms. The van der Waals surface area contributed by atoms with Crippen LogP contribution in [0, 0.1) is 23.6 Å². The summed E-state index contributed by atoms with van der Waals surface area (Å²) >= 11 is -2.72. The van der Waals surface area contributed by atoms with Crippen LogP contribution >= 0.6 is 0 Å². The van der Waals surface area contributed by atoms with Crippen molar-refractivity contribution < 1.29 is 23.1 Å². The smallest absolute Gasteiger partial charge is 0.331 e. The fourth-order valence-electron chi connectivity index (χ4n) is 5.90. The topological polar surface area (TPSA) is 131 Å². The van der Waals surface area contributed by atoms with Gasteiger partial charge in [0.15, 0.2) is 0 Å². The standard InChI is InChI=1S/C35H38FN5O6S/c1-4-17-39-31-16-11-26(22-30(31)33(42)40(35(39)45)23-27-7-12-28(36)13-8-27)6-5-25-9-14-29(15-10-25)37-18-20-38(21-19-37)41(48(46)47)32(24(2)3)34(43)44/h7-16,22,24,32H,4,17-21,23H2,1-3H3,(H,43,44)(H,46,47)/p-1. The Morgan fingerprint density at radius 1 is 0.958 bits per heavy atom. The van der Waals surface area contributed by atoms with Gasteiger partial charge in [0, 0.05) is 60.8 Å². The Bertz CT molecular complexity index is 1990. The molecule has 0 spiro atoms. The van der Waals surface area contributed by atoms with E-state index in [2.05, 4.69) is 16.7 Å². The van der Waals surface area contributed by atoms with Crippen molar-refractivity contribution in [2.75, 3.05) is 31.1 Å². The lowest BCUT2D eigenvalue weighted by molar-refractivity contribution is -0.149. The Balaban J connectivity index is 1.33. The SMILES string of the molecule is CCCn1c(=O)n(Cc2ccc(F)cc2)c(=O)c2cc(C#Cc3ccc(N4CCN(N(C(C(=O)O)C(C)C)S(=O)[O-])CC4)cc3)ccc21. The molecule has 0 aliphatic carbocycles. The highest BCUT2D eigenvalue weighted by atomic mass is 32.2. The van der Waals surface area contributed by atoms with Crippen LogP contribution < -0.4 is 16.1 Å². The number of nitrogens with zero attached hydrogens (tertiary/aromatic N) is 5. The molecule has 11 nitrogen and oxygen atoms in total. The van der Waals surface area contributed by atoms with Gasteiger partial charge in [0.2, 0.25) is 0 Å². The van der Waals surface area contributed by atoms with Gasteiger partial charge in [0.1, 0.15) is 11.9 Å². The van der Waals surface area contributed by atoms with Crippen molar-refractivity contribution in [3.8, 4) is 11.8 Å². The quantitative estimate of drug-likeness (QED) is 0.200. The summed E-state index contributed by atoms with van der Waals surface area (Å²) in [6.07, 6.45) is 0.694. The van der Waals surface area contributed by atoms with Crippen LogP contribution in [0.25, 0.3) is 10.9 Å². The highest BCUT2D eigenvalue weighted by molar-refractivity contribution is 7.76. The number of benzene rings is 3. The largest absolute Gasteiger partial charge is 0.759 e. The van der Waals surface area contributed by atoms with Crippen LogP contribution in [0.2, 0.25) is 0 Å². The number of carboxylic acids is 1. The fourth-order valence-corrected chi connectivity index (χ4v) is 6.77. The Kier molecular flexibility index (Phi) is 10.9. The number of carbonyl (C=O) groups is 1. The summed E-state index contributed by atoms with van der Waals surface area (Å²) in [6.45, 7) is 7.45. The summed E-state index contributed by atoms with van der Waals surface area (Å²) in [5.41, 5.74) is 2.59. The van der Waals surface area contributed by atoms with Crippen LogP contribution in [0.3, 0.4) is 0 Å². The number of fused-ring (bicyclic) bond motifs is 1. The highest BCUT2D eigenvalue weighted by Gasteiger charge is 2.35. The van der Waals surface area contributed by atoms with Gasteiger partial charge in [0.25, 0.3) is 5.56 Å². The number of hydrogen-bond donors (Lipinski definition) is 1. The molecule has 0 amide bonds. The molecule has 1 N–H and O–H groups in total. The van der Waals surface area contributed by atoms with E-state index in [-0.39, 0.29) is 6.54 Å². The number of aliphatic carboxylic acids is 1. The molecule has 4 aromatic rings. The molecule has 2 atom stereocenters. The first kappa shape index (κ1) is 34.7. The first-order chi connectivity index (χ1) is 23.0. The van der Waals surface area contributed by atoms with E-state index in [0.29, 0.717) is 61.2 Å². The summed E-state index contributed by atoms with van der Waals surface area (Å²) < 4.78 is 41.1. The van der Waals surface area contributed by atoms with Gasteiger partial charge < -0.3 is 14.6 Å². The molecule has 252 valence electrons. The number of carboxylic acid groups (broad SMARTS) is 1. The number of halogens is 1. The minimum absolute atomic E-state index is 0.0199. The average molecular weight is 675 g/mol. The lowest BCUT2D eigenvalue weighted by atomic mass is 10.1. The third kappa shape index (κ3) is 7.58. The van der Waals surface area contributed by atoms with Gasteiger partial charge in [-0.3, -0.25) is 22.9 Å². The van der Waals surface area contributed by atoms with E-state index < -0.39 is 46.3 Å². The number of rotatable bonds is 10. The zero-order valence-electron chi connectivity index (χ0n) is 27.0. The van der Waals surface area contributed by atoms with Crippen molar-refractivity contribution in [2.24, 2.45) is 5.92 Å². The molecule has 2 unspecified atom stereocenters. The third-order valence-corrected chi connectivity index (χ3v) is 9.08. The molecular weight excluding hydrogens is 637 g/mol. The maximum Gasteiger partial charge on any atom is 0.331 e. The van der Waals surface area contributed by atoms with Crippen molar-refractivity contribution in [2.45, 2.75) is 46.3 Å². The molecule has 48 heavy (non-hydrogen) atoms. The van der Waals surface area contributed by atoms with Crippen LogP contribution in [-0.2, 0) is 29.2 Å². The monoisotopic (exact) mass is 674 g/mol. The van der Waals surface area contributed by atoms with Gasteiger partial charge in [-0.2, -0.15) is 4.41 Å². The second kappa shape index (κ2) is 15.1. The van der Waals surface area contributed by atoms with Crippen molar-refractivity contribution >= 4 is 33.8 Å². The Labute approximate surface area is 280 Å². The maximum absolute atomic E-state index is 13.5. The minimum atomic E-state index is -2.72. The van der Waals surface area contributed by atoms with E-state index in [0.717, 1.165) is 15.7 Å². The molecule has 1 saturated heterocycles. The lowest BCUT2D eigenvalue weighted by Gasteiger charge is -2.45. The van der Waals surface area contributed by atoms with Gasteiger partial charge in [-0.25, -0.2) is 14.2 Å². The fraction of sp³-hybridized carbons (Fsp3) is 0.343. The van der Waals surface area contributed by atoms with Gasteiger partial charge >= 0.3 is 11.7 Å². The predicted octanol–water partition coefficient (Wildman–Crippen LogP) is 3.40. The van der Waals surface area contributed by atoms with E-state index in [4.69, 9.17) is 0 Å². The summed E-state index contributed by atoms with van der Waals surface area (Å²) in [5.74, 6) is 4.26. The van der Waals surface area contributed by atoms with E-state index in [9.17, 15) is 32.6 Å². The molecule has 1 aliphatic rings. The van der Waals surface area contributed by atoms with Crippen LogP contribution in [0.1, 0.15) is 43.9 Å². The third-order valence-electron chi connectivity index (χ3n) is 8.32. The van der Waals surface area contributed by atoms with E-state index in [1.807, 2.05) is 31.2 Å². The van der Waals surface area contributed by atoms with E-state index >= 15 is 0 Å². The molecule has 1 fully saturated rings. The number of aryl methyl sites for hydroxylation is 1. The first-order valence-electron chi connectivity index (χ1n) is 15.7. The number of aromatic nitrogens is 2.